The first-order valence-electron chi connectivity index (χ1n) is 8.17. The summed E-state index contributed by atoms with van der Waals surface area (Å²) in [5, 5.41) is 3.65. The minimum Gasteiger partial charge on any atom is -0.450 e. The van der Waals surface area contributed by atoms with Crippen LogP contribution in [0.15, 0.2) is 68.3 Å². The number of para-hydroxylation sites is 1. The Balaban J connectivity index is 1.63. The second kappa shape index (κ2) is 6.85. The second-order valence-electron chi connectivity index (χ2n) is 6.04. The number of aryl methyl sites for hydroxylation is 1. The topological polar surface area (TPSA) is 88.0 Å². The molecule has 0 aliphatic rings. The van der Waals surface area contributed by atoms with Crippen LogP contribution in [0.3, 0.4) is 0 Å². The van der Waals surface area contributed by atoms with E-state index < -0.39 is 0 Å². The first-order chi connectivity index (χ1) is 13.0. The Bertz CT molecular complexity index is 1230. The van der Waals surface area contributed by atoms with Crippen LogP contribution >= 0.6 is 15.9 Å². The molecule has 27 heavy (non-hydrogen) atoms. The van der Waals surface area contributed by atoms with Gasteiger partial charge < -0.3 is 14.7 Å². The molecule has 4 rings (SSSR count). The normalized spacial score (nSPS) is 10.9. The Labute approximate surface area is 162 Å². The van der Waals surface area contributed by atoms with Gasteiger partial charge in [0.2, 0.25) is 0 Å². The summed E-state index contributed by atoms with van der Waals surface area (Å²) in [5.74, 6) is 0.300. The van der Waals surface area contributed by atoms with E-state index in [9.17, 15) is 9.59 Å². The maximum Gasteiger partial charge on any atom is 0.291 e. The number of carbonyl (C=O) groups is 1. The van der Waals surface area contributed by atoms with E-state index in [1.54, 1.807) is 31.2 Å². The number of benzene rings is 2. The number of nitrogens with zero attached hydrogens (tertiary/aromatic N) is 1. The Hall–Kier alpha value is -3.19. The summed E-state index contributed by atoms with van der Waals surface area (Å²) >= 11 is 3.41. The molecule has 0 fully saturated rings. The minimum atomic E-state index is -0.360. The van der Waals surface area contributed by atoms with Crippen molar-refractivity contribution in [2.45, 2.75) is 6.92 Å². The maximum atomic E-state index is 12.6. The molecule has 0 saturated carbocycles. The summed E-state index contributed by atoms with van der Waals surface area (Å²) in [6, 6.07) is 15.8. The number of halogens is 1. The highest BCUT2D eigenvalue weighted by Crippen LogP contribution is 2.27. The summed E-state index contributed by atoms with van der Waals surface area (Å²) in [4.78, 5) is 31.2. The van der Waals surface area contributed by atoms with Crippen LogP contribution in [-0.4, -0.2) is 15.9 Å². The van der Waals surface area contributed by atoms with Crippen molar-refractivity contribution in [1.29, 1.82) is 0 Å². The van der Waals surface area contributed by atoms with Gasteiger partial charge in [0, 0.05) is 28.4 Å². The van der Waals surface area contributed by atoms with E-state index in [1.165, 1.54) is 6.07 Å². The van der Waals surface area contributed by atoms with Gasteiger partial charge in [-0.05, 0) is 47.1 Å². The molecule has 0 aliphatic heterocycles. The highest BCUT2D eigenvalue weighted by molar-refractivity contribution is 9.10. The van der Waals surface area contributed by atoms with Crippen molar-refractivity contribution < 1.29 is 9.21 Å². The van der Waals surface area contributed by atoms with Gasteiger partial charge in [-0.1, -0.05) is 24.3 Å². The van der Waals surface area contributed by atoms with E-state index in [-0.39, 0.29) is 17.2 Å². The van der Waals surface area contributed by atoms with Crippen LogP contribution in [0.2, 0.25) is 0 Å². The van der Waals surface area contributed by atoms with E-state index in [0.717, 1.165) is 9.86 Å². The average Bonchev–Trinajstić information content (AvgIpc) is 3.07. The number of anilines is 1. The third kappa shape index (κ3) is 3.54. The Kier molecular flexibility index (Phi) is 4.37. The van der Waals surface area contributed by atoms with Gasteiger partial charge in [0.1, 0.15) is 11.4 Å². The number of rotatable bonds is 3. The first-order valence-corrected chi connectivity index (χ1v) is 8.97. The molecule has 6 nitrogen and oxygen atoms in total. The fraction of sp³-hybridized carbons (Fsp3) is 0.0500. The number of fused-ring (bicyclic) bond motifs is 1. The highest BCUT2D eigenvalue weighted by Gasteiger charge is 2.14. The monoisotopic (exact) mass is 423 g/mol. The number of aromatic amines is 1. The predicted molar refractivity (Wildman–Crippen MR) is 107 cm³/mol. The molecule has 0 unspecified atom stereocenters. The van der Waals surface area contributed by atoms with E-state index in [4.69, 9.17) is 4.42 Å². The summed E-state index contributed by atoms with van der Waals surface area (Å²) in [6.45, 7) is 1.75. The zero-order valence-electron chi connectivity index (χ0n) is 14.2. The van der Waals surface area contributed by atoms with E-state index >= 15 is 0 Å². The molecule has 0 spiro atoms. The van der Waals surface area contributed by atoms with E-state index in [0.29, 0.717) is 28.4 Å². The number of hydrogen-bond donors (Lipinski definition) is 2. The summed E-state index contributed by atoms with van der Waals surface area (Å²) < 4.78 is 6.45. The molecule has 2 aromatic heterocycles. The molecular weight excluding hydrogens is 410 g/mol. The van der Waals surface area contributed by atoms with Gasteiger partial charge in [0.05, 0.1) is 4.47 Å². The van der Waals surface area contributed by atoms with Gasteiger partial charge in [0.15, 0.2) is 5.76 Å². The summed E-state index contributed by atoms with van der Waals surface area (Å²) in [6.07, 6.45) is 0. The van der Waals surface area contributed by atoms with Crippen LogP contribution in [0.1, 0.15) is 16.2 Å². The van der Waals surface area contributed by atoms with Crippen LogP contribution in [0.5, 0.6) is 0 Å². The lowest BCUT2D eigenvalue weighted by molar-refractivity contribution is 0.0998. The van der Waals surface area contributed by atoms with Crippen molar-refractivity contribution in [2.24, 2.45) is 0 Å². The lowest BCUT2D eigenvalue weighted by atomic mass is 10.2. The average molecular weight is 424 g/mol. The molecule has 2 N–H and O–H groups in total. The van der Waals surface area contributed by atoms with Crippen LogP contribution < -0.4 is 10.9 Å². The number of furan rings is 1. The third-order valence-corrected chi connectivity index (χ3v) is 4.61. The molecule has 0 atom stereocenters. The van der Waals surface area contributed by atoms with Crippen LogP contribution in [-0.2, 0) is 0 Å². The van der Waals surface area contributed by atoms with E-state index in [1.807, 2.05) is 24.3 Å². The van der Waals surface area contributed by atoms with Crippen molar-refractivity contribution in [3.8, 4) is 11.4 Å². The SMILES string of the molecule is Cc1cc(=O)[nH]c(-c2cccc(NC(=O)c3cc4cccc(Br)c4o3)c2)n1. The standard InChI is InChI=1S/C20H14BrN3O3/c1-11-8-17(25)24-19(22-11)13-5-2-6-14(9-13)23-20(26)16-10-12-4-3-7-15(21)18(12)27-16/h2-10H,1H3,(H,23,26)(H,22,24,25). The molecule has 7 heteroatoms. The molecule has 0 bridgehead atoms. The Morgan fingerprint density at radius 2 is 1.96 bits per heavy atom. The zero-order chi connectivity index (χ0) is 19.0. The summed E-state index contributed by atoms with van der Waals surface area (Å²) in [7, 11) is 0. The molecule has 1 amide bonds. The van der Waals surface area contributed by atoms with Crippen molar-refractivity contribution in [2.75, 3.05) is 5.32 Å². The van der Waals surface area contributed by atoms with Gasteiger partial charge in [-0.3, -0.25) is 9.59 Å². The van der Waals surface area contributed by atoms with Crippen molar-refractivity contribution in [1.82, 2.24) is 9.97 Å². The minimum absolute atomic E-state index is 0.212. The van der Waals surface area contributed by atoms with Gasteiger partial charge >= 0.3 is 0 Å². The fourth-order valence-electron chi connectivity index (χ4n) is 2.79. The summed E-state index contributed by atoms with van der Waals surface area (Å²) in [5.41, 5.74) is 2.29. The number of hydrogen-bond acceptors (Lipinski definition) is 4. The first kappa shape index (κ1) is 17.2. The zero-order valence-corrected chi connectivity index (χ0v) is 15.8. The predicted octanol–water partition coefficient (Wildman–Crippen LogP) is 4.51. The molecule has 0 saturated heterocycles. The highest BCUT2D eigenvalue weighted by atomic mass is 79.9. The van der Waals surface area contributed by atoms with Crippen LogP contribution in [0, 0.1) is 6.92 Å². The third-order valence-electron chi connectivity index (χ3n) is 3.98. The molecule has 4 aromatic rings. The number of aromatic nitrogens is 2. The van der Waals surface area contributed by atoms with Crippen molar-refractivity contribution in [3.63, 3.8) is 0 Å². The van der Waals surface area contributed by atoms with Crippen molar-refractivity contribution >= 4 is 38.5 Å². The van der Waals surface area contributed by atoms with Gasteiger partial charge in [-0.25, -0.2) is 4.98 Å². The lowest BCUT2D eigenvalue weighted by Gasteiger charge is -2.06. The van der Waals surface area contributed by atoms with Gasteiger partial charge in [-0.2, -0.15) is 0 Å². The molecular formula is C20H14BrN3O3. The number of carbonyl (C=O) groups excluding carboxylic acids is 1. The number of amides is 1. The lowest BCUT2D eigenvalue weighted by Crippen LogP contribution is -2.11. The second-order valence-corrected chi connectivity index (χ2v) is 6.89. The molecule has 0 radical (unpaired) electrons. The largest absolute Gasteiger partial charge is 0.450 e. The van der Waals surface area contributed by atoms with Crippen molar-refractivity contribution in [3.05, 3.63) is 80.9 Å². The molecule has 2 heterocycles. The molecule has 134 valence electrons. The van der Waals surface area contributed by atoms with Crippen LogP contribution in [0.25, 0.3) is 22.4 Å². The van der Waals surface area contributed by atoms with Crippen LogP contribution in [0.4, 0.5) is 5.69 Å². The van der Waals surface area contributed by atoms with E-state index in [2.05, 4.69) is 31.2 Å². The van der Waals surface area contributed by atoms with Gasteiger partial charge in [0.25, 0.3) is 11.5 Å². The maximum absolute atomic E-state index is 12.6. The Morgan fingerprint density at radius 3 is 2.74 bits per heavy atom. The fourth-order valence-corrected chi connectivity index (χ4v) is 3.25. The Morgan fingerprint density at radius 1 is 1.15 bits per heavy atom. The van der Waals surface area contributed by atoms with Gasteiger partial charge in [-0.15, -0.1) is 0 Å². The molecule has 2 aromatic carbocycles. The number of nitrogens with one attached hydrogen (secondary N) is 2. The number of H-pyrrole nitrogens is 1. The smallest absolute Gasteiger partial charge is 0.291 e. The molecule has 0 aliphatic carbocycles. The quantitative estimate of drug-likeness (QED) is 0.507.